The minimum absolute atomic E-state index is 0.00966. The number of fused-ring (bicyclic) bond motifs is 1. The minimum Gasteiger partial charge on any atom is -0.507 e. The molecule has 0 aliphatic carbocycles. The highest BCUT2D eigenvalue weighted by molar-refractivity contribution is 5.87. The maximum absolute atomic E-state index is 12.4. The number of hydrogen-bond donors (Lipinski definition) is 2. The Bertz CT molecular complexity index is 818. The van der Waals surface area contributed by atoms with Crippen LogP contribution in [0.25, 0.3) is 22.1 Å². The van der Waals surface area contributed by atoms with Crippen molar-refractivity contribution in [2.45, 2.75) is 0 Å². The SMILES string of the molecule is O=c1c(-c2ccccc2O)coc2cccc(O)c12. The second-order valence-electron chi connectivity index (χ2n) is 4.15. The molecular formula is C15H10O4. The fourth-order valence-corrected chi connectivity index (χ4v) is 2.04. The summed E-state index contributed by atoms with van der Waals surface area (Å²) < 4.78 is 5.34. The van der Waals surface area contributed by atoms with Crippen LogP contribution in [0, 0.1) is 0 Å². The molecule has 0 saturated carbocycles. The molecule has 4 heteroatoms. The third-order valence-electron chi connectivity index (χ3n) is 2.97. The van der Waals surface area contributed by atoms with Crippen LogP contribution < -0.4 is 5.43 Å². The average molecular weight is 254 g/mol. The van der Waals surface area contributed by atoms with E-state index in [0.717, 1.165) is 0 Å². The third-order valence-corrected chi connectivity index (χ3v) is 2.97. The maximum atomic E-state index is 12.4. The topological polar surface area (TPSA) is 70.7 Å². The van der Waals surface area contributed by atoms with E-state index in [-0.39, 0.29) is 27.9 Å². The molecule has 0 radical (unpaired) electrons. The van der Waals surface area contributed by atoms with Gasteiger partial charge in [0.15, 0.2) is 0 Å². The molecular weight excluding hydrogens is 244 g/mol. The van der Waals surface area contributed by atoms with Crippen LogP contribution in [0.5, 0.6) is 11.5 Å². The molecule has 94 valence electrons. The van der Waals surface area contributed by atoms with Crippen molar-refractivity contribution in [3.05, 3.63) is 59.0 Å². The van der Waals surface area contributed by atoms with Crippen molar-refractivity contribution in [2.75, 3.05) is 0 Å². The largest absolute Gasteiger partial charge is 0.507 e. The molecule has 0 atom stereocenters. The van der Waals surface area contributed by atoms with Crippen LogP contribution in [0.3, 0.4) is 0 Å². The Balaban J connectivity index is 2.39. The van der Waals surface area contributed by atoms with E-state index in [1.165, 1.54) is 18.4 Å². The number of phenols is 2. The summed E-state index contributed by atoms with van der Waals surface area (Å²) in [6.07, 6.45) is 1.29. The number of rotatable bonds is 1. The number of benzene rings is 2. The van der Waals surface area contributed by atoms with Gasteiger partial charge < -0.3 is 14.6 Å². The van der Waals surface area contributed by atoms with Gasteiger partial charge in [-0.3, -0.25) is 4.79 Å². The molecule has 0 fully saturated rings. The van der Waals surface area contributed by atoms with Gasteiger partial charge in [-0.15, -0.1) is 0 Å². The summed E-state index contributed by atoms with van der Waals surface area (Å²) in [5, 5.41) is 19.7. The Morgan fingerprint density at radius 2 is 1.58 bits per heavy atom. The zero-order chi connectivity index (χ0) is 13.4. The van der Waals surface area contributed by atoms with E-state index in [0.29, 0.717) is 11.1 Å². The Kier molecular flexibility index (Phi) is 2.49. The van der Waals surface area contributed by atoms with Crippen molar-refractivity contribution < 1.29 is 14.6 Å². The lowest BCUT2D eigenvalue weighted by atomic mass is 10.0. The molecule has 1 heterocycles. The molecule has 0 bridgehead atoms. The lowest BCUT2D eigenvalue weighted by Crippen LogP contribution is -2.05. The number of hydrogen-bond acceptors (Lipinski definition) is 4. The Morgan fingerprint density at radius 3 is 2.37 bits per heavy atom. The lowest BCUT2D eigenvalue weighted by molar-refractivity contribution is 0.475. The van der Waals surface area contributed by atoms with Gasteiger partial charge in [-0.2, -0.15) is 0 Å². The van der Waals surface area contributed by atoms with Crippen molar-refractivity contribution in [3.63, 3.8) is 0 Å². The zero-order valence-corrected chi connectivity index (χ0v) is 9.83. The molecule has 2 N–H and O–H groups in total. The molecule has 0 spiro atoms. The summed E-state index contributed by atoms with van der Waals surface area (Å²) in [7, 11) is 0. The van der Waals surface area contributed by atoms with Gasteiger partial charge in [0.05, 0.1) is 5.56 Å². The highest BCUT2D eigenvalue weighted by Gasteiger charge is 2.14. The van der Waals surface area contributed by atoms with E-state index in [2.05, 4.69) is 0 Å². The molecule has 0 aliphatic heterocycles. The molecule has 0 aliphatic rings. The van der Waals surface area contributed by atoms with Crippen molar-refractivity contribution >= 4 is 11.0 Å². The first kappa shape index (κ1) is 11.3. The maximum Gasteiger partial charge on any atom is 0.204 e. The fourth-order valence-electron chi connectivity index (χ4n) is 2.04. The molecule has 0 amide bonds. The number of aromatic hydroxyl groups is 2. The molecule has 4 nitrogen and oxygen atoms in total. The first-order valence-electron chi connectivity index (χ1n) is 5.70. The first-order chi connectivity index (χ1) is 9.18. The highest BCUT2D eigenvalue weighted by Crippen LogP contribution is 2.29. The van der Waals surface area contributed by atoms with Crippen LogP contribution >= 0.6 is 0 Å². The fraction of sp³-hybridized carbons (Fsp3) is 0. The van der Waals surface area contributed by atoms with Gasteiger partial charge in [0.25, 0.3) is 0 Å². The Labute approximate surface area is 108 Å². The molecule has 3 rings (SSSR count). The van der Waals surface area contributed by atoms with Crippen LogP contribution in [0.2, 0.25) is 0 Å². The molecule has 3 aromatic rings. The quantitative estimate of drug-likeness (QED) is 0.700. The van der Waals surface area contributed by atoms with Gasteiger partial charge in [-0.1, -0.05) is 24.3 Å². The van der Waals surface area contributed by atoms with Crippen molar-refractivity contribution in [1.82, 2.24) is 0 Å². The monoisotopic (exact) mass is 254 g/mol. The summed E-state index contributed by atoms with van der Waals surface area (Å²) in [4.78, 5) is 12.4. The van der Waals surface area contributed by atoms with E-state index in [1.54, 1.807) is 30.3 Å². The molecule has 2 aromatic carbocycles. The third kappa shape index (κ3) is 1.74. The van der Waals surface area contributed by atoms with Gasteiger partial charge in [0.2, 0.25) is 5.43 Å². The predicted octanol–water partition coefficient (Wildman–Crippen LogP) is 2.87. The van der Waals surface area contributed by atoms with Crippen LogP contribution in [-0.4, -0.2) is 10.2 Å². The van der Waals surface area contributed by atoms with Crippen LogP contribution in [0.1, 0.15) is 0 Å². The zero-order valence-electron chi connectivity index (χ0n) is 9.83. The van der Waals surface area contributed by atoms with Crippen molar-refractivity contribution in [2.24, 2.45) is 0 Å². The summed E-state index contributed by atoms with van der Waals surface area (Å²) in [5.41, 5.74) is 0.526. The number of phenolic OH excluding ortho intramolecular Hbond substituents is 2. The summed E-state index contributed by atoms with van der Waals surface area (Å²) >= 11 is 0. The smallest absolute Gasteiger partial charge is 0.204 e. The molecule has 1 aromatic heterocycles. The van der Waals surface area contributed by atoms with E-state index >= 15 is 0 Å². The standard InChI is InChI=1S/C15H10O4/c16-11-5-2-1-4-9(11)10-8-19-13-7-3-6-12(17)14(13)15(10)18/h1-8,16-17H. The van der Waals surface area contributed by atoms with Gasteiger partial charge in [-0.05, 0) is 18.2 Å². The van der Waals surface area contributed by atoms with Crippen LogP contribution in [0.4, 0.5) is 0 Å². The van der Waals surface area contributed by atoms with Gasteiger partial charge in [0, 0.05) is 5.56 Å². The molecule has 0 saturated heterocycles. The van der Waals surface area contributed by atoms with Crippen molar-refractivity contribution in [1.29, 1.82) is 0 Å². The Hall–Kier alpha value is -2.75. The number of para-hydroxylation sites is 1. The van der Waals surface area contributed by atoms with E-state index in [4.69, 9.17) is 4.42 Å². The second-order valence-corrected chi connectivity index (χ2v) is 4.15. The molecule has 0 unspecified atom stereocenters. The van der Waals surface area contributed by atoms with Crippen molar-refractivity contribution in [3.8, 4) is 22.6 Å². The average Bonchev–Trinajstić information content (AvgIpc) is 2.40. The lowest BCUT2D eigenvalue weighted by Gasteiger charge is -2.05. The summed E-state index contributed by atoms with van der Waals surface area (Å²) in [6, 6.07) is 11.1. The van der Waals surface area contributed by atoms with Crippen LogP contribution in [0.15, 0.2) is 57.9 Å². The first-order valence-corrected chi connectivity index (χ1v) is 5.70. The minimum atomic E-state index is -0.374. The van der Waals surface area contributed by atoms with E-state index < -0.39 is 0 Å². The Morgan fingerprint density at radius 1 is 0.842 bits per heavy atom. The summed E-state index contributed by atoms with van der Waals surface area (Å²) in [5.74, 6) is -0.145. The van der Waals surface area contributed by atoms with Gasteiger partial charge in [-0.25, -0.2) is 0 Å². The second kappa shape index (κ2) is 4.17. The van der Waals surface area contributed by atoms with E-state index in [9.17, 15) is 15.0 Å². The predicted molar refractivity (Wildman–Crippen MR) is 71.2 cm³/mol. The van der Waals surface area contributed by atoms with Crippen LogP contribution in [-0.2, 0) is 0 Å². The van der Waals surface area contributed by atoms with E-state index in [1.807, 2.05) is 0 Å². The van der Waals surface area contributed by atoms with Gasteiger partial charge in [0.1, 0.15) is 28.7 Å². The summed E-state index contributed by atoms with van der Waals surface area (Å²) in [6.45, 7) is 0. The highest BCUT2D eigenvalue weighted by atomic mass is 16.3. The normalized spacial score (nSPS) is 10.7. The van der Waals surface area contributed by atoms with Gasteiger partial charge >= 0.3 is 0 Å². The molecule has 19 heavy (non-hydrogen) atoms.